The predicted molar refractivity (Wildman–Crippen MR) is 98.3 cm³/mol. The highest BCUT2D eigenvalue weighted by atomic mass is 16.7. The molecule has 0 saturated heterocycles. The molecule has 2 aromatic rings. The molecule has 146 valence electrons. The Labute approximate surface area is 162 Å². The van der Waals surface area contributed by atoms with Crippen LogP contribution < -0.4 is 23.7 Å². The van der Waals surface area contributed by atoms with Crippen LogP contribution in [0.4, 0.5) is 0 Å². The van der Waals surface area contributed by atoms with Crippen molar-refractivity contribution in [2.45, 2.75) is 31.0 Å². The van der Waals surface area contributed by atoms with Crippen molar-refractivity contribution < 1.29 is 28.8 Å². The molecule has 0 amide bonds. The minimum Gasteiger partial charge on any atom is -0.492 e. The molecule has 0 saturated carbocycles. The Morgan fingerprint density at radius 3 is 2.68 bits per heavy atom. The number of methoxy groups -OCH3 is 1. The van der Waals surface area contributed by atoms with Gasteiger partial charge in [0.2, 0.25) is 19.3 Å². The highest BCUT2D eigenvalue weighted by molar-refractivity contribution is 5.64. The summed E-state index contributed by atoms with van der Waals surface area (Å²) in [6, 6.07) is 5.98. The number of nitrogens with zero attached hydrogens (tertiary/aromatic N) is 1. The number of hydrogen-bond donors (Lipinski definition) is 1. The molecule has 28 heavy (non-hydrogen) atoms. The normalized spacial score (nSPS) is 26.5. The number of aliphatic hydroxyl groups excluding tert-OH is 1. The largest absolute Gasteiger partial charge is 0.492 e. The second-order valence-corrected chi connectivity index (χ2v) is 7.74. The third-order valence-corrected chi connectivity index (χ3v) is 6.35. The van der Waals surface area contributed by atoms with Crippen molar-refractivity contribution >= 4 is 0 Å². The summed E-state index contributed by atoms with van der Waals surface area (Å²) in [6.07, 6.45) is 0.00930. The van der Waals surface area contributed by atoms with Crippen molar-refractivity contribution in [2.24, 2.45) is 0 Å². The van der Waals surface area contributed by atoms with Crippen LogP contribution in [0.15, 0.2) is 18.2 Å². The zero-order valence-corrected chi connectivity index (χ0v) is 15.7. The molecule has 3 atom stereocenters. The highest BCUT2D eigenvalue weighted by Crippen LogP contribution is 2.57. The molecule has 3 heterocycles. The van der Waals surface area contributed by atoms with Crippen molar-refractivity contribution in [2.75, 3.05) is 27.7 Å². The van der Waals surface area contributed by atoms with E-state index in [1.54, 1.807) is 7.11 Å². The van der Waals surface area contributed by atoms with Crippen LogP contribution in [0.3, 0.4) is 0 Å². The summed E-state index contributed by atoms with van der Waals surface area (Å²) in [7, 11) is 3.73. The van der Waals surface area contributed by atoms with Crippen molar-refractivity contribution in [3.63, 3.8) is 0 Å². The number of fused-ring (bicyclic) bond motifs is 8. The Kier molecular flexibility index (Phi) is 3.31. The van der Waals surface area contributed by atoms with E-state index in [0.717, 1.165) is 33.8 Å². The first-order valence-corrected chi connectivity index (χ1v) is 9.46. The first-order valence-electron chi connectivity index (χ1n) is 9.46. The van der Waals surface area contributed by atoms with Gasteiger partial charge in [0.25, 0.3) is 0 Å². The van der Waals surface area contributed by atoms with E-state index in [1.165, 1.54) is 0 Å². The predicted octanol–water partition coefficient (Wildman–Crippen LogP) is 2.34. The van der Waals surface area contributed by atoms with Crippen LogP contribution in [0, 0.1) is 0 Å². The summed E-state index contributed by atoms with van der Waals surface area (Å²) < 4.78 is 28.4. The minimum atomic E-state index is -0.524. The van der Waals surface area contributed by atoms with Gasteiger partial charge in [0.05, 0.1) is 13.2 Å². The quantitative estimate of drug-likeness (QED) is 0.811. The van der Waals surface area contributed by atoms with Crippen LogP contribution in [0.2, 0.25) is 0 Å². The Morgan fingerprint density at radius 2 is 1.86 bits per heavy atom. The van der Waals surface area contributed by atoms with Crippen LogP contribution in [-0.4, -0.2) is 43.9 Å². The van der Waals surface area contributed by atoms with E-state index in [2.05, 4.69) is 18.0 Å². The molecule has 2 aromatic carbocycles. The van der Waals surface area contributed by atoms with E-state index in [-0.39, 0.29) is 25.5 Å². The third-order valence-electron chi connectivity index (χ3n) is 6.35. The Bertz CT molecular complexity index is 990. The molecule has 7 heteroatoms. The lowest BCUT2D eigenvalue weighted by molar-refractivity contribution is 0.0576. The molecule has 0 unspecified atom stereocenters. The Balaban J connectivity index is 1.57. The molecule has 6 rings (SSSR count). The molecule has 0 spiro atoms. The van der Waals surface area contributed by atoms with Gasteiger partial charge in [0, 0.05) is 29.6 Å². The zero-order chi connectivity index (χ0) is 19.0. The lowest BCUT2D eigenvalue weighted by atomic mass is 9.70. The summed E-state index contributed by atoms with van der Waals surface area (Å²) in [5.74, 6) is 3.54. The average molecular weight is 383 g/mol. The molecule has 0 radical (unpaired) electrons. The average Bonchev–Trinajstić information content (AvgIpc) is 3.35. The fourth-order valence-electron chi connectivity index (χ4n) is 5.26. The number of hydrogen-bond acceptors (Lipinski definition) is 7. The van der Waals surface area contributed by atoms with Gasteiger partial charge in [-0.05, 0) is 36.7 Å². The molecule has 1 aliphatic carbocycles. The number of benzene rings is 2. The van der Waals surface area contributed by atoms with E-state index in [9.17, 15) is 5.11 Å². The topological polar surface area (TPSA) is 69.6 Å². The van der Waals surface area contributed by atoms with E-state index in [4.69, 9.17) is 23.7 Å². The molecule has 0 fully saturated rings. The van der Waals surface area contributed by atoms with Gasteiger partial charge in [-0.2, -0.15) is 0 Å². The smallest absolute Gasteiger partial charge is 0.231 e. The SMILES string of the molecule is COc1c2c(cc3c1[C@@H]1[C@@H](c4ccc5c(c4CN1C)OCO5)[C@@H](O)C3)OCO2. The summed E-state index contributed by atoms with van der Waals surface area (Å²) in [6.45, 7) is 1.13. The fraction of sp³-hybridized carbons (Fsp3) is 0.429. The van der Waals surface area contributed by atoms with E-state index in [0.29, 0.717) is 30.2 Å². The van der Waals surface area contributed by atoms with Gasteiger partial charge in [0.1, 0.15) is 0 Å². The van der Waals surface area contributed by atoms with Gasteiger partial charge < -0.3 is 28.8 Å². The molecular formula is C21H21NO6. The Hall–Kier alpha value is -2.64. The molecule has 0 aromatic heterocycles. The molecule has 0 bridgehead atoms. The molecule has 1 N–H and O–H groups in total. The van der Waals surface area contributed by atoms with Gasteiger partial charge in [0.15, 0.2) is 23.0 Å². The van der Waals surface area contributed by atoms with Crippen molar-refractivity contribution in [1.29, 1.82) is 0 Å². The number of aliphatic hydroxyl groups is 1. The molecule has 7 nitrogen and oxygen atoms in total. The highest BCUT2D eigenvalue weighted by Gasteiger charge is 2.47. The maximum Gasteiger partial charge on any atom is 0.231 e. The van der Waals surface area contributed by atoms with Gasteiger partial charge in [-0.25, -0.2) is 0 Å². The van der Waals surface area contributed by atoms with Crippen LogP contribution in [0.25, 0.3) is 0 Å². The number of rotatable bonds is 1. The van der Waals surface area contributed by atoms with Gasteiger partial charge >= 0.3 is 0 Å². The van der Waals surface area contributed by atoms with Crippen molar-refractivity contribution in [1.82, 2.24) is 4.90 Å². The van der Waals surface area contributed by atoms with Crippen LogP contribution in [-0.2, 0) is 13.0 Å². The monoisotopic (exact) mass is 383 g/mol. The lowest BCUT2D eigenvalue weighted by Gasteiger charge is -2.47. The minimum absolute atomic E-state index is 0.0314. The Morgan fingerprint density at radius 1 is 1.07 bits per heavy atom. The standard InChI is InChI=1S/C21H21NO6/c1-22-7-12-11(3-4-14-19(12)27-8-25-14)17-13(23)5-10-6-15-20(28-9-26-15)21(24-2)16(10)18(17)22/h3-4,6,13,17-18,23H,5,7-9H2,1-2H3/t13-,17-,18+/m0/s1. The van der Waals surface area contributed by atoms with Gasteiger partial charge in [-0.3, -0.25) is 4.90 Å². The maximum atomic E-state index is 11.2. The summed E-state index contributed by atoms with van der Waals surface area (Å²) in [5.41, 5.74) is 4.34. The van der Waals surface area contributed by atoms with Crippen molar-refractivity contribution in [3.05, 3.63) is 40.5 Å². The molecule has 3 aliphatic heterocycles. The maximum absolute atomic E-state index is 11.2. The molecular weight excluding hydrogens is 362 g/mol. The number of ether oxygens (including phenoxy) is 5. The second kappa shape index (κ2) is 5.68. The van der Waals surface area contributed by atoms with Crippen molar-refractivity contribution in [3.8, 4) is 28.7 Å². The van der Waals surface area contributed by atoms with E-state index < -0.39 is 6.10 Å². The first kappa shape index (κ1) is 16.3. The summed E-state index contributed by atoms with van der Waals surface area (Å²) in [5, 5.41) is 11.2. The van der Waals surface area contributed by atoms with Crippen LogP contribution in [0.5, 0.6) is 28.7 Å². The molecule has 4 aliphatic rings. The third kappa shape index (κ3) is 2.00. The lowest BCUT2D eigenvalue weighted by Crippen LogP contribution is -2.43. The van der Waals surface area contributed by atoms with Crippen LogP contribution in [0.1, 0.15) is 34.2 Å². The van der Waals surface area contributed by atoms with Crippen LogP contribution >= 0.6 is 0 Å². The van der Waals surface area contributed by atoms with E-state index in [1.807, 2.05) is 12.1 Å². The fourth-order valence-corrected chi connectivity index (χ4v) is 5.26. The van der Waals surface area contributed by atoms with Gasteiger partial charge in [-0.1, -0.05) is 6.07 Å². The summed E-state index contributed by atoms with van der Waals surface area (Å²) in [4.78, 5) is 2.25. The zero-order valence-electron chi connectivity index (χ0n) is 15.7. The number of likely N-dealkylation sites (N-methyl/N-ethyl adjacent to an activating group) is 1. The van der Waals surface area contributed by atoms with Gasteiger partial charge in [-0.15, -0.1) is 0 Å². The second-order valence-electron chi connectivity index (χ2n) is 7.74. The first-order chi connectivity index (χ1) is 13.7. The van der Waals surface area contributed by atoms with E-state index >= 15 is 0 Å². The summed E-state index contributed by atoms with van der Waals surface area (Å²) >= 11 is 0.